The highest BCUT2D eigenvalue weighted by molar-refractivity contribution is 7.98. The maximum Gasteiger partial charge on any atom is 0.326 e. The number of thioether (sulfide) groups is 1. The smallest absolute Gasteiger partial charge is 0.326 e. The zero-order chi connectivity index (χ0) is 22.8. The predicted molar refractivity (Wildman–Crippen MR) is 131 cm³/mol. The number of nitrogens with one attached hydrogen (secondary N) is 2. The second kappa shape index (κ2) is 12.1. The van der Waals surface area contributed by atoms with Gasteiger partial charge in [-0.15, -0.1) is 0 Å². The van der Waals surface area contributed by atoms with Crippen molar-refractivity contribution in [2.45, 2.75) is 25.6 Å². The Morgan fingerprint density at radius 1 is 0.906 bits per heavy atom. The summed E-state index contributed by atoms with van der Waals surface area (Å²) >= 11 is 1.56. The van der Waals surface area contributed by atoms with Crippen molar-refractivity contribution in [3.05, 3.63) is 95.6 Å². The lowest BCUT2D eigenvalue weighted by atomic mass is 9.96. The zero-order valence-electron chi connectivity index (χ0n) is 18.1. The van der Waals surface area contributed by atoms with E-state index < -0.39 is 12.0 Å². The average molecular weight is 449 g/mol. The number of hydrogen-bond acceptors (Lipinski definition) is 4. The molecule has 0 aliphatic heterocycles. The van der Waals surface area contributed by atoms with Gasteiger partial charge < -0.3 is 15.7 Å². The molecular weight excluding hydrogens is 420 g/mol. The topological polar surface area (TPSA) is 78.4 Å². The minimum Gasteiger partial charge on any atom is -0.480 e. The Balaban J connectivity index is 1.80. The van der Waals surface area contributed by atoms with Gasteiger partial charge in [-0.3, -0.25) is 4.79 Å². The molecule has 0 aliphatic carbocycles. The summed E-state index contributed by atoms with van der Waals surface area (Å²) in [6.07, 6.45) is 2.29. The van der Waals surface area contributed by atoms with Crippen molar-refractivity contribution < 1.29 is 14.7 Å². The third-order valence-electron chi connectivity index (χ3n) is 5.13. The fraction of sp³-hybridized carbons (Fsp3) is 0.231. The second-order valence-corrected chi connectivity index (χ2v) is 8.47. The Labute approximate surface area is 193 Å². The summed E-state index contributed by atoms with van der Waals surface area (Å²) in [5, 5.41) is 15.6. The number of carbonyl (C=O) groups is 2. The molecule has 6 heteroatoms. The molecule has 0 unspecified atom stereocenters. The van der Waals surface area contributed by atoms with E-state index in [1.165, 1.54) is 5.56 Å². The average Bonchev–Trinajstić information content (AvgIpc) is 2.82. The van der Waals surface area contributed by atoms with Crippen LogP contribution in [0.4, 0.5) is 0 Å². The molecule has 0 saturated heterocycles. The van der Waals surface area contributed by atoms with Crippen molar-refractivity contribution in [3.8, 4) is 11.1 Å². The summed E-state index contributed by atoms with van der Waals surface area (Å²) in [5.41, 5.74) is 4.43. The van der Waals surface area contributed by atoms with Crippen LogP contribution in [0, 0.1) is 0 Å². The second-order valence-electron chi connectivity index (χ2n) is 7.48. The maximum atomic E-state index is 13.0. The Bertz CT molecular complexity index is 1030. The lowest BCUT2D eigenvalue weighted by Gasteiger charge is -2.17. The molecule has 32 heavy (non-hydrogen) atoms. The highest BCUT2D eigenvalue weighted by Gasteiger charge is 2.22. The van der Waals surface area contributed by atoms with E-state index in [9.17, 15) is 14.7 Å². The third-order valence-corrected chi connectivity index (χ3v) is 5.77. The van der Waals surface area contributed by atoms with Crippen LogP contribution in [0.1, 0.15) is 27.9 Å². The van der Waals surface area contributed by atoms with Gasteiger partial charge in [-0.25, -0.2) is 4.79 Å². The van der Waals surface area contributed by atoms with E-state index in [1.54, 1.807) is 17.8 Å². The lowest BCUT2D eigenvalue weighted by molar-refractivity contribution is -0.139. The number of benzene rings is 3. The van der Waals surface area contributed by atoms with E-state index in [2.05, 4.69) is 22.8 Å². The van der Waals surface area contributed by atoms with Crippen LogP contribution in [0.15, 0.2) is 78.9 Å². The number of amides is 1. The van der Waals surface area contributed by atoms with Crippen molar-refractivity contribution in [2.75, 3.05) is 12.0 Å². The van der Waals surface area contributed by atoms with E-state index in [4.69, 9.17) is 0 Å². The van der Waals surface area contributed by atoms with Crippen LogP contribution in [-0.2, 0) is 17.9 Å². The van der Waals surface area contributed by atoms with Gasteiger partial charge in [-0.2, -0.15) is 11.8 Å². The fourth-order valence-corrected chi connectivity index (χ4v) is 3.90. The van der Waals surface area contributed by atoms with Crippen LogP contribution in [0.25, 0.3) is 11.1 Å². The van der Waals surface area contributed by atoms with Crippen molar-refractivity contribution in [3.63, 3.8) is 0 Å². The highest BCUT2D eigenvalue weighted by atomic mass is 32.2. The SMILES string of the molecule is CSCC[C@H](NC(=O)c1ccc(CNCc2ccccc2)cc1-c1ccccc1)C(=O)O. The van der Waals surface area contributed by atoms with Gasteiger partial charge in [0.25, 0.3) is 5.91 Å². The first-order chi connectivity index (χ1) is 15.6. The van der Waals surface area contributed by atoms with E-state index in [0.29, 0.717) is 24.3 Å². The highest BCUT2D eigenvalue weighted by Crippen LogP contribution is 2.25. The van der Waals surface area contributed by atoms with Crippen LogP contribution < -0.4 is 10.6 Å². The summed E-state index contributed by atoms with van der Waals surface area (Å²) in [4.78, 5) is 24.6. The van der Waals surface area contributed by atoms with Gasteiger partial charge in [0, 0.05) is 18.7 Å². The molecular formula is C26H28N2O3S. The normalized spacial score (nSPS) is 11.7. The van der Waals surface area contributed by atoms with Gasteiger partial charge in [-0.1, -0.05) is 66.7 Å². The van der Waals surface area contributed by atoms with Crippen LogP contribution in [0.5, 0.6) is 0 Å². The number of carboxylic acid groups (broad SMARTS) is 1. The molecule has 166 valence electrons. The number of rotatable bonds is 11. The molecule has 1 amide bonds. The number of carbonyl (C=O) groups excluding carboxylic acids is 1. The molecule has 0 saturated carbocycles. The van der Waals surface area contributed by atoms with Crippen LogP contribution in [-0.4, -0.2) is 35.0 Å². The summed E-state index contributed by atoms with van der Waals surface area (Å²) in [7, 11) is 0. The molecule has 3 aromatic carbocycles. The fourth-order valence-electron chi connectivity index (χ4n) is 3.43. The van der Waals surface area contributed by atoms with Gasteiger partial charge in [0.05, 0.1) is 0 Å². The first kappa shape index (κ1) is 23.6. The van der Waals surface area contributed by atoms with Crippen molar-refractivity contribution in [1.82, 2.24) is 10.6 Å². The Kier molecular flexibility index (Phi) is 8.90. The summed E-state index contributed by atoms with van der Waals surface area (Å²) in [6.45, 7) is 1.40. The number of hydrogen-bond donors (Lipinski definition) is 3. The van der Waals surface area contributed by atoms with Gasteiger partial charge in [-0.05, 0) is 52.8 Å². The molecule has 0 radical (unpaired) electrons. The summed E-state index contributed by atoms with van der Waals surface area (Å²) < 4.78 is 0. The van der Waals surface area contributed by atoms with E-state index >= 15 is 0 Å². The first-order valence-electron chi connectivity index (χ1n) is 10.5. The quantitative estimate of drug-likeness (QED) is 0.400. The molecule has 0 bridgehead atoms. The van der Waals surface area contributed by atoms with E-state index in [0.717, 1.165) is 23.2 Å². The van der Waals surface area contributed by atoms with Crippen LogP contribution >= 0.6 is 11.8 Å². The molecule has 3 N–H and O–H groups in total. The summed E-state index contributed by atoms with van der Waals surface area (Å²) in [5.74, 6) is -0.731. The molecule has 3 aromatic rings. The Morgan fingerprint density at radius 3 is 2.22 bits per heavy atom. The Hall–Kier alpha value is -3.09. The van der Waals surface area contributed by atoms with Crippen molar-refractivity contribution in [1.29, 1.82) is 0 Å². The lowest BCUT2D eigenvalue weighted by Crippen LogP contribution is -2.41. The molecule has 0 aliphatic rings. The largest absolute Gasteiger partial charge is 0.480 e. The third kappa shape index (κ3) is 6.70. The van der Waals surface area contributed by atoms with E-state index in [1.807, 2.05) is 66.9 Å². The van der Waals surface area contributed by atoms with Gasteiger partial charge in [0.2, 0.25) is 0 Å². The van der Waals surface area contributed by atoms with Gasteiger partial charge in [0.1, 0.15) is 6.04 Å². The number of aliphatic carboxylic acids is 1. The molecule has 3 rings (SSSR count). The van der Waals surface area contributed by atoms with Gasteiger partial charge in [0.15, 0.2) is 0 Å². The minimum atomic E-state index is -1.02. The zero-order valence-corrected chi connectivity index (χ0v) is 18.9. The standard InChI is InChI=1S/C26H28N2O3S/c1-32-15-14-24(26(30)31)28-25(29)22-13-12-20(16-23(22)21-10-6-3-7-11-21)18-27-17-19-8-4-2-5-9-19/h2-13,16,24,27H,14-15,17-18H2,1H3,(H,28,29)(H,30,31)/t24-/m0/s1. The van der Waals surface area contributed by atoms with E-state index in [-0.39, 0.29) is 5.91 Å². The predicted octanol–water partition coefficient (Wildman–Crippen LogP) is 4.58. The molecule has 0 fully saturated rings. The molecule has 1 atom stereocenters. The van der Waals surface area contributed by atoms with Crippen LogP contribution in [0.2, 0.25) is 0 Å². The molecule has 0 aromatic heterocycles. The first-order valence-corrected chi connectivity index (χ1v) is 11.9. The van der Waals surface area contributed by atoms with Gasteiger partial charge >= 0.3 is 5.97 Å². The van der Waals surface area contributed by atoms with Crippen molar-refractivity contribution in [2.24, 2.45) is 0 Å². The number of carboxylic acids is 1. The van der Waals surface area contributed by atoms with Crippen molar-refractivity contribution >= 4 is 23.6 Å². The minimum absolute atomic E-state index is 0.374. The monoisotopic (exact) mass is 448 g/mol. The summed E-state index contributed by atoms with van der Waals surface area (Å²) in [6, 6.07) is 24.7. The Morgan fingerprint density at radius 2 is 1.56 bits per heavy atom. The molecule has 5 nitrogen and oxygen atoms in total. The molecule has 0 spiro atoms. The maximum absolute atomic E-state index is 13.0. The molecule has 0 heterocycles. The van der Waals surface area contributed by atoms with Crippen LogP contribution in [0.3, 0.4) is 0 Å².